The van der Waals surface area contributed by atoms with E-state index in [2.05, 4.69) is 0 Å². The summed E-state index contributed by atoms with van der Waals surface area (Å²) in [6.07, 6.45) is 3.99. The molecule has 0 aliphatic rings. The van der Waals surface area contributed by atoms with Gasteiger partial charge in [0.25, 0.3) is 0 Å². The molecule has 0 aromatic heterocycles. The van der Waals surface area contributed by atoms with E-state index in [-0.39, 0.29) is 24.6 Å². The van der Waals surface area contributed by atoms with E-state index in [4.69, 9.17) is 4.74 Å². The van der Waals surface area contributed by atoms with E-state index in [9.17, 15) is 9.18 Å². The zero-order valence-electron chi connectivity index (χ0n) is 9.28. The molecule has 1 aromatic rings. The lowest BCUT2D eigenvalue weighted by molar-refractivity contribution is -0.122. The minimum atomic E-state index is -0.291. The van der Waals surface area contributed by atoms with Gasteiger partial charge in [0.15, 0.2) is 5.78 Å². The first-order valence-corrected chi connectivity index (χ1v) is 5.17. The van der Waals surface area contributed by atoms with Crippen LogP contribution in [-0.2, 0) is 16.0 Å². The van der Waals surface area contributed by atoms with Crippen LogP contribution in [0.3, 0.4) is 0 Å². The summed E-state index contributed by atoms with van der Waals surface area (Å²) in [6.45, 7) is 2.44. The van der Waals surface area contributed by atoms with Crippen molar-refractivity contribution < 1.29 is 13.9 Å². The van der Waals surface area contributed by atoms with E-state index < -0.39 is 0 Å². The van der Waals surface area contributed by atoms with Crippen LogP contribution in [0.15, 0.2) is 36.4 Å². The summed E-state index contributed by atoms with van der Waals surface area (Å²) >= 11 is 0. The van der Waals surface area contributed by atoms with Gasteiger partial charge in [0, 0.05) is 6.42 Å². The third kappa shape index (κ3) is 4.84. The molecular formula is C13H15FO2. The van der Waals surface area contributed by atoms with Crippen molar-refractivity contribution in [2.75, 3.05) is 13.2 Å². The molecule has 0 saturated carbocycles. The van der Waals surface area contributed by atoms with Crippen LogP contribution in [0, 0.1) is 5.82 Å². The summed E-state index contributed by atoms with van der Waals surface area (Å²) in [5.41, 5.74) is 0.807. The van der Waals surface area contributed by atoms with Crippen molar-refractivity contribution >= 4 is 5.78 Å². The molecule has 2 nitrogen and oxygen atoms in total. The Morgan fingerprint density at radius 2 is 2.06 bits per heavy atom. The van der Waals surface area contributed by atoms with Crippen LogP contribution in [0.1, 0.15) is 12.5 Å². The Kier molecular flexibility index (Phi) is 5.43. The molecule has 0 saturated heterocycles. The number of hydrogen-bond acceptors (Lipinski definition) is 2. The third-order valence-corrected chi connectivity index (χ3v) is 2.03. The van der Waals surface area contributed by atoms with Gasteiger partial charge in [0.2, 0.25) is 0 Å². The predicted octanol–water partition coefficient (Wildman–Crippen LogP) is 2.53. The number of benzene rings is 1. The Bertz CT molecular complexity index is 355. The Hall–Kier alpha value is -1.48. The molecule has 0 atom stereocenters. The lowest BCUT2D eigenvalue weighted by Crippen LogP contribution is -2.11. The average molecular weight is 222 g/mol. The van der Waals surface area contributed by atoms with Gasteiger partial charge in [-0.25, -0.2) is 4.39 Å². The molecule has 0 amide bonds. The Balaban J connectivity index is 2.31. The monoisotopic (exact) mass is 222 g/mol. The van der Waals surface area contributed by atoms with Crippen molar-refractivity contribution in [2.45, 2.75) is 13.3 Å². The third-order valence-electron chi connectivity index (χ3n) is 2.03. The number of ketones is 1. The van der Waals surface area contributed by atoms with Crippen LogP contribution in [0.4, 0.5) is 4.39 Å². The highest BCUT2D eigenvalue weighted by Gasteiger charge is 2.03. The quantitative estimate of drug-likeness (QED) is 0.546. The topological polar surface area (TPSA) is 26.3 Å². The van der Waals surface area contributed by atoms with E-state index in [1.54, 1.807) is 12.1 Å². The van der Waals surface area contributed by atoms with Gasteiger partial charge in [-0.05, 0) is 24.6 Å². The van der Waals surface area contributed by atoms with E-state index in [1.165, 1.54) is 12.1 Å². The number of allylic oxidation sites excluding steroid dienone is 1. The maximum atomic E-state index is 12.6. The fraction of sp³-hybridized carbons (Fsp3) is 0.308. The summed E-state index contributed by atoms with van der Waals surface area (Å²) in [7, 11) is 0. The first-order valence-electron chi connectivity index (χ1n) is 5.17. The molecule has 1 rings (SSSR count). The Labute approximate surface area is 94.7 Å². The van der Waals surface area contributed by atoms with Gasteiger partial charge >= 0.3 is 0 Å². The lowest BCUT2D eigenvalue weighted by Gasteiger charge is -2.01. The molecule has 0 unspecified atom stereocenters. The summed E-state index contributed by atoms with van der Waals surface area (Å²) in [5.74, 6) is -0.295. The highest BCUT2D eigenvalue weighted by Crippen LogP contribution is 2.04. The number of carbonyl (C=O) groups excluding carboxylic acids is 1. The van der Waals surface area contributed by atoms with Crippen LogP contribution in [0.25, 0.3) is 0 Å². The smallest absolute Gasteiger partial charge is 0.162 e. The fourth-order valence-corrected chi connectivity index (χ4v) is 1.22. The van der Waals surface area contributed by atoms with Gasteiger partial charge in [-0.2, -0.15) is 0 Å². The predicted molar refractivity (Wildman–Crippen MR) is 60.7 cm³/mol. The standard InChI is InChI=1S/C13H15FO2/c1-2-3-8-16-10-13(15)9-11-4-6-12(14)7-5-11/h2-7H,8-10H2,1H3. The molecule has 3 heteroatoms. The Morgan fingerprint density at radius 3 is 2.69 bits per heavy atom. The van der Waals surface area contributed by atoms with Gasteiger partial charge in [0.1, 0.15) is 12.4 Å². The summed E-state index contributed by atoms with van der Waals surface area (Å²) in [5, 5.41) is 0. The van der Waals surface area contributed by atoms with Crippen molar-refractivity contribution in [3.63, 3.8) is 0 Å². The second kappa shape index (κ2) is 6.90. The maximum absolute atomic E-state index is 12.6. The molecule has 0 aliphatic heterocycles. The number of rotatable bonds is 6. The molecule has 16 heavy (non-hydrogen) atoms. The normalized spacial score (nSPS) is 10.9. The molecule has 86 valence electrons. The average Bonchev–Trinajstić information content (AvgIpc) is 2.28. The van der Waals surface area contributed by atoms with Crippen LogP contribution >= 0.6 is 0 Å². The molecule has 0 heterocycles. The summed E-state index contributed by atoms with van der Waals surface area (Å²) in [4.78, 5) is 11.4. The SMILES string of the molecule is CC=CCOCC(=O)Cc1ccc(F)cc1. The maximum Gasteiger partial charge on any atom is 0.162 e. The number of ether oxygens (including phenoxy) is 1. The van der Waals surface area contributed by atoms with E-state index in [0.29, 0.717) is 6.61 Å². The van der Waals surface area contributed by atoms with Gasteiger partial charge in [-0.1, -0.05) is 24.3 Å². The van der Waals surface area contributed by atoms with Crippen LogP contribution in [-0.4, -0.2) is 19.0 Å². The van der Waals surface area contributed by atoms with E-state index in [0.717, 1.165) is 5.56 Å². The van der Waals surface area contributed by atoms with Crippen LogP contribution in [0.2, 0.25) is 0 Å². The number of hydrogen-bond donors (Lipinski definition) is 0. The highest BCUT2D eigenvalue weighted by molar-refractivity contribution is 5.82. The minimum absolute atomic E-state index is 0.00360. The van der Waals surface area contributed by atoms with Crippen LogP contribution in [0.5, 0.6) is 0 Å². The minimum Gasteiger partial charge on any atom is -0.370 e. The van der Waals surface area contributed by atoms with Gasteiger partial charge in [-0.15, -0.1) is 0 Å². The molecule has 0 spiro atoms. The molecule has 0 N–H and O–H groups in total. The molecule has 0 fully saturated rings. The van der Waals surface area contributed by atoms with Gasteiger partial charge < -0.3 is 4.74 Å². The first-order chi connectivity index (χ1) is 7.72. The van der Waals surface area contributed by atoms with Crippen molar-refractivity contribution in [2.24, 2.45) is 0 Å². The molecule has 0 radical (unpaired) electrons. The molecule has 0 bridgehead atoms. The number of Topliss-reactive ketones (excluding diaryl/α,β-unsaturated/α-hetero) is 1. The molecular weight excluding hydrogens is 207 g/mol. The highest BCUT2D eigenvalue weighted by atomic mass is 19.1. The van der Waals surface area contributed by atoms with Crippen molar-refractivity contribution in [3.05, 3.63) is 47.8 Å². The van der Waals surface area contributed by atoms with Crippen molar-refractivity contribution in [3.8, 4) is 0 Å². The Morgan fingerprint density at radius 1 is 1.38 bits per heavy atom. The van der Waals surface area contributed by atoms with Gasteiger partial charge in [-0.3, -0.25) is 4.79 Å². The second-order valence-corrected chi connectivity index (χ2v) is 3.43. The van der Waals surface area contributed by atoms with Gasteiger partial charge in [0.05, 0.1) is 6.61 Å². The molecule has 0 aliphatic carbocycles. The van der Waals surface area contributed by atoms with Crippen molar-refractivity contribution in [1.29, 1.82) is 0 Å². The summed E-state index contributed by atoms with van der Waals surface area (Å²) < 4.78 is 17.7. The van der Waals surface area contributed by atoms with E-state index >= 15 is 0 Å². The summed E-state index contributed by atoms with van der Waals surface area (Å²) in [6, 6.07) is 5.92. The fourth-order valence-electron chi connectivity index (χ4n) is 1.22. The zero-order valence-corrected chi connectivity index (χ0v) is 9.28. The zero-order chi connectivity index (χ0) is 11.8. The van der Waals surface area contributed by atoms with Crippen LogP contribution < -0.4 is 0 Å². The first kappa shape index (κ1) is 12.6. The largest absolute Gasteiger partial charge is 0.370 e. The number of halogens is 1. The lowest BCUT2D eigenvalue weighted by atomic mass is 10.1. The van der Waals surface area contributed by atoms with E-state index in [1.807, 2.05) is 19.1 Å². The number of carbonyl (C=O) groups is 1. The second-order valence-electron chi connectivity index (χ2n) is 3.43. The molecule has 1 aromatic carbocycles. The van der Waals surface area contributed by atoms with Crippen molar-refractivity contribution in [1.82, 2.24) is 0 Å².